The second-order valence-corrected chi connectivity index (χ2v) is 8.04. The lowest BCUT2D eigenvalue weighted by Gasteiger charge is -2.17. The molecule has 1 saturated heterocycles. The third kappa shape index (κ3) is 6.79. The van der Waals surface area contributed by atoms with Crippen molar-refractivity contribution in [2.75, 3.05) is 30.0 Å². The van der Waals surface area contributed by atoms with E-state index in [-0.39, 0.29) is 18.9 Å². The quantitative estimate of drug-likeness (QED) is 0.439. The lowest BCUT2D eigenvalue weighted by atomic mass is 10.1. The highest BCUT2D eigenvalue weighted by Crippen LogP contribution is 2.26. The summed E-state index contributed by atoms with van der Waals surface area (Å²) in [6.07, 6.45) is 1.71. The summed E-state index contributed by atoms with van der Waals surface area (Å²) >= 11 is 5.80. The van der Waals surface area contributed by atoms with Crippen LogP contribution < -0.4 is 10.2 Å². The number of unbranched alkanes of at least 4 members (excludes halogenated alkanes) is 1. The maximum absolute atomic E-state index is 12.4. The molecule has 1 aliphatic heterocycles. The van der Waals surface area contributed by atoms with Gasteiger partial charge in [-0.25, -0.2) is 4.79 Å². The van der Waals surface area contributed by atoms with Crippen LogP contribution >= 0.6 is 11.6 Å². The number of carbonyl (C=O) groups is 4. The van der Waals surface area contributed by atoms with Crippen molar-refractivity contribution < 1.29 is 28.7 Å². The molecule has 0 spiro atoms. The van der Waals surface area contributed by atoms with Gasteiger partial charge >= 0.3 is 11.9 Å². The summed E-state index contributed by atoms with van der Waals surface area (Å²) in [6, 6.07) is 13.0. The van der Waals surface area contributed by atoms with Crippen LogP contribution in [0.4, 0.5) is 11.4 Å². The number of nitrogens with zero attached hydrogens (tertiary/aromatic N) is 1. The first-order chi connectivity index (χ1) is 15.9. The van der Waals surface area contributed by atoms with Crippen molar-refractivity contribution in [3.63, 3.8) is 0 Å². The van der Waals surface area contributed by atoms with Gasteiger partial charge in [0.15, 0.2) is 6.61 Å². The monoisotopic (exact) mass is 472 g/mol. The summed E-state index contributed by atoms with van der Waals surface area (Å²) in [4.78, 5) is 50.3. The van der Waals surface area contributed by atoms with Gasteiger partial charge in [0, 0.05) is 29.4 Å². The molecule has 1 aliphatic rings. The smallest absolute Gasteiger partial charge is 0.338 e. The Kier molecular flexibility index (Phi) is 8.43. The van der Waals surface area contributed by atoms with Crippen LogP contribution in [-0.2, 0) is 23.9 Å². The molecule has 0 saturated carbocycles. The first kappa shape index (κ1) is 24.3. The molecule has 8 nitrogen and oxygen atoms in total. The number of hydrogen-bond donors (Lipinski definition) is 1. The van der Waals surface area contributed by atoms with E-state index in [2.05, 4.69) is 5.32 Å². The van der Waals surface area contributed by atoms with Gasteiger partial charge in [-0.05, 0) is 55.0 Å². The Labute approximate surface area is 196 Å². The minimum atomic E-state index is -0.681. The van der Waals surface area contributed by atoms with Gasteiger partial charge in [-0.3, -0.25) is 14.4 Å². The molecule has 0 bridgehead atoms. The van der Waals surface area contributed by atoms with Crippen LogP contribution in [0.1, 0.15) is 36.5 Å². The van der Waals surface area contributed by atoms with Crippen LogP contribution in [0.2, 0.25) is 5.02 Å². The lowest BCUT2D eigenvalue weighted by Crippen LogP contribution is -2.28. The van der Waals surface area contributed by atoms with Crippen molar-refractivity contribution in [3.8, 4) is 0 Å². The Morgan fingerprint density at radius 2 is 1.76 bits per heavy atom. The molecule has 1 heterocycles. The average Bonchev–Trinajstić information content (AvgIpc) is 3.21. The first-order valence-electron chi connectivity index (χ1n) is 10.7. The summed E-state index contributed by atoms with van der Waals surface area (Å²) in [5.74, 6) is -2.44. The molecular weight excluding hydrogens is 448 g/mol. The van der Waals surface area contributed by atoms with E-state index in [0.717, 1.165) is 12.8 Å². The third-order valence-corrected chi connectivity index (χ3v) is 5.33. The van der Waals surface area contributed by atoms with E-state index < -0.39 is 30.4 Å². The van der Waals surface area contributed by atoms with Gasteiger partial charge in [0.1, 0.15) is 0 Å². The molecule has 0 aliphatic carbocycles. The number of nitrogens with one attached hydrogen (secondary N) is 1. The van der Waals surface area contributed by atoms with Crippen LogP contribution in [0, 0.1) is 5.92 Å². The lowest BCUT2D eigenvalue weighted by molar-refractivity contribution is -0.151. The molecule has 174 valence electrons. The molecule has 2 aromatic carbocycles. The number of amides is 2. The number of benzene rings is 2. The molecule has 2 amide bonds. The second-order valence-electron chi connectivity index (χ2n) is 7.60. The fourth-order valence-corrected chi connectivity index (χ4v) is 3.40. The molecule has 3 rings (SSSR count). The molecular formula is C24H25ClN2O6. The van der Waals surface area contributed by atoms with Crippen LogP contribution in [-0.4, -0.2) is 43.5 Å². The Morgan fingerprint density at radius 3 is 2.42 bits per heavy atom. The highest BCUT2D eigenvalue weighted by atomic mass is 35.5. The molecule has 0 radical (unpaired) electrons. The molecule has 1 fully saturated rings. The fraction of sp³-hybridized carbons (Fsp3) is 0.333. The number of rotatable bonds is 9. The number of esters is 2. The zero-order valence-corrected chi connectivity index (χ0v) is 19.0. The molecule has 0 unspecified atom stereocenters. The van der Waals surface area contributed by atoms with Crippen molar-refractivity contribution in [1.82, 2.24) is 0 Å². The fourth-order valence-electron chi connectivity index (χ4n) is 3.27. The summed E-state index contributed by atoms with van der Waals surface area (Å²) < 4.78 is 10.3. The zero-order valence-electron chi connectivity index (χ0n) is 18.2. The molecule has 2 aromatic rings. The van der Waals surface area contributed by atoms with Gasteiger partial charge in [-0.2, -0.15) is 0 Å². The number of hydrogen-bond acceptors (Lipinski definition) is 6. The summed E-state index contributed by atoms with van der Waals surface area (Å²) in [7, 11) is 0. The van der Waals surface area contributed by atoms with E-state index in [1.807, 2.05) is 6.92 Å². The van der Waals surface area contributed by atoms with Crippen molar-refractivity contribution in [1.29, 1.82) is 0 Å². The number of anilines is 2. The first-order valence-corrected chi connectivity index (χ1v) is 11.0. The predicted octanol–water partition coefficient (Wildman–Crippen LogP) is 3.83. The van der Waals surface area contributed by atoms with Gasteiger partial charge in [0.05, 0.1) is 18.1 Å². The van der Waals surface area contributed by atoms with Crippen LogP contribution in [0.3, 0.4) is 0 Å². The highest BCUT2D eigenvalue weighted by molar-refractivity contribution is 6.30. The Morgan fingerprint density at radius 1 is 1.06 bits per heavy atom. The van der Waals surface area contributed by atoms with E-state index in [1.54, 1.807) is 48.5 Å². The Balaban J connectivity index is 1.49. The van der Waals surface area contributed by atoms with Crippen LogP contribution in [0.15, 0.2) is 48.5 Å². The van der Waals surface area contributed by atoms with Crippen LogP contribution in [0.25, 0.3) is 0 Å². The zero-order chi connectivity index (χ0) is 23.8. The number of halogens is 1. The maximum Gasteiger partial charge on any atom is 0.338 e. The van der Waals surface area contributed by atoms with Gasteiger partial charge in [-0.15, -0.1) is 0 Å². The Bertz CT molecular complexity index is 1010. The minimum absolute atomic E-state index is 0.0154. The van der Waals surface area contributed by atoms with Crippen molar-refractivity contribution in [2.24, 2.45) is 5.92 Å². The van der Waals surface area contributed by atoms with Gasteiger partial charge in [-0.1, -0.05) is 24.9 Å². The van der Waals surface area contributed by atoms with E-state index >= 15 is 0 Å². The predicted molar refractivity (Wildman–Crippen MR) is 123 cm³/mol. The molecule has 1 N–H and O–H groups in total. The number of carbonyl (C=O) groups excluding carboxylic acids is 4. The van der Waals surface area contributed by atoms with Gasteiger partial charge in [0.25, 0.3) is 5.91 Å². The SMILES string of the molecule is CCCCOC(=O)c1ccc(N2C[C@H](C(=O)OCC(=O)Nc3ccc(Cl)cc3)CC2=O)cc1. The standard InChI is InChI=1S/C24H25ClN2O6/c1-2-3-12-32-23(30)16-4-10-20(11-5-16)27-14-17(13-22(27)29)24(31)33-15-21(28)26-19-8-6-18(25)7-9-19/h4-11,17H,2-3,12-15H2,1H3,(H,26,28)/t17-/m1/s1. The molecule has 9 heteroatoms. The molecule has 33 heavy (non-hydrogen) atoms. The summed E-state index contributed by atoms with van der Waals surface area (Å²) in [5, 5.41) is 3.14. The Hall–Kier alpha value is -3.39. The summed E-state index contributed by atoms with van der Waals surface area (Å²) in [5.41, 5.74) is 1.49. The van der Waals surface area contributed by atoms with Gasteiger partial charge in [0.2, 0.25) is 5.91 Å². The molecule has 1 atom stereocenters. The van der Waals surface area contributed by atoms with Gasteiger partial charge < -0.3 is 19.7 Å². The second kappa shape index (κ2) is 11.5. The topological polar surface area (TPSA) is 102 Å². The summed E-state index contributed by atoms with van der Waals surface area (Å²) in [6.45, 7) is 2.05. The van der Waals surface area contributed by atoms with Crippen molar-refractivity contribution >= 4 is 46.7 Å². The van der Waals surface area contributed by atoms with E-state index in [4.69, 9.17) is 21.1 Å². The molecule has 0 aromatic heterocycles. The average molecular weight is 473 g/mol. The number of ether oxygens (including phenoxy) is 2. The highest BCUT2D eigenvalue weighted by Gasteiger charge is 2.36. The van der Waals surface area contributed by atoms with Crippen LogP contribution in [0.5, 0.6) is 0 Å². The maximum atomic E-state index is 12.4. The normalized spacial score (nSPS) is 15.3. The van der Waals surface area contributed by atoms with E-state index in [9.17, 15) is 19.2 Å². The van der Waals surface area contributed by atoms with Crippen molar-refractivity contribution in [3.05, 3.63) is 59.1 Å². The minimum Gasteiger partial charge on any atom is -0.462 e. The largest absolute Gasteiger partial charge is 0.462 e. The van der Waals surface area contributed by atoms with Crippen molar-refractivity contribution in [2.45, 2.75) is 26.2 Å². The van der Waals surface area contributed by atoms with E-state index in [0.29, 0.717) is 28.6 Å². The van der Waals surface area contributed by atoms with E-state index in [1.165, 1.54) is 4.90 Å². The third-order valence-electron chi connectivity index (χ3n) is 5.08.